The highest BCUT2D eigenvalue weighted by Crippen LogP contribution is 2.13. The standard InChI is InChI=1S/C20H26FN5O2/c1-3-23-20(25-12-11-24-19(27)16-5-4-10-22-14-16)26-13-15(2)28-18-8-6-17(21)7-9-18/h4-10,14-15H,3,11-13H2,1-2H3,(H,24,27)(H2,23,25,26). The molecule has 1 aromatic carbocycles. The first kappa shape index (κ1) is 21.1. The number of aromatic nitrogens is 1. The van der Waals surface area contributed by atoms with Gasteiger partial charge < -0.3 is 20.7 Å². The summed E-state index contributed by atoms with van der Waals surface area (Å²) >= 11 is 0. The van der Waals surface area contributed by atoms with Gasteiger partial charge in [-0.2, -0.15) is 0 Å². The molecule has 0 fully saturated rings. The number of carbonyl (C=O) groups is 1. The van der Waals surface area contributed by atoms with Crippen molar-refractivity contribution >= 4 is 11.9 Å². The molecule has 7 nitrogen and oxygen atoms in total. The number of aliphatic imine (C=N–C) groups is 1. The Kier molecular flexibility index (Phi) is 8.71. The van der Waals surface area contributed by atoms with E-state index in [1.807, 2.05) is 13.8 Å². The highest BCUT2D eigenvalue weighted by atomic mass is 19.1. The molecule has 8 heteroatoms. The number of benzene rings is 1. The van der Waals surface area contributed by atoms with E-state index >= 15 is 0 Å². The number of amides is 1. The van der Waals surface area contributed by atoms with E-state index in [2.05, 4.69) is 25.9 Å². The number of halogens is 1. The van der Waals surface area contributed by atoms with E-state index in [1.54, 1.807) is 30.5 Å². The van der Waals surface area contributed by atoms with Crippen molar-refractivity contribution in [1.82, 2.24) is 20.9 Å². The van der Waals surface area contributed by atoms with Crippen molar-refractivity contribution in [2.45, 2.75) is 20.0 Å². The summed E-state index contributed by atoms with van der Waals surface area (Å²) in [5.74, 6) is 0.762. The summed E-state index contributed by atoms with van der Waals surface area (Å²) in [6, 6.07) is 9.32. The molecular weight excluding hydrogens is 361 g/mol. The van der Waals surface area contributed by atoms with Crippen LogP contribution in [0.25, 0.3) is 0 Å². The molecule has 0 aliphatic heterocycles. The van der Waals surface area contributed by atoms with Gasteiger partial charge in [-0.15, -0.1) is 0 Å². The van der Waals surface area contributed by atoms with Crippen LogP contribution in [0, 0.1) is 5.82 Å². The summed E-state index contributed by atoms with van der Waals surface area (Å²) < 4.78 is 18.6. The molecule has 0 radical (unpaired) electrons. The van der Waals surface area contributed by atoms with Gasteiger partial charge in [0.1, 0.15) is 17.7 Å². The number of rotatable bonds is 9. The van der Waals surface area contributed by atoms with Gasteiger partial charge in [-0.25, -0.2) is 9.38 Å². The maximum absolute atomic E-state index is 12.9. The molecule has 0 saturated carbocycles. The molecule has 1 atom stereocenters. The van der Waals surface area contributed by atoms with E-state index in [9.17, 15) is 9.18 Å². The van der Waals surface area contributed by atoms with Crippen molar-refractivity contribution in [2.24, 2.45) is 4.99 Å². The molecule has 3 N–H and O–H groups in total. The molecule has 0 saturated heterocycles. The third kappa shape index (κ3) is 7.61. The fraction of sp³-hybridized carbons (Fsp3) is 0.350. The topological polar surface area (TPSA) is 87.6 Å². The van der Waals surface area contributed by atoms with Crippen LogP contribution in [0.4, 0.5) is 4.39 Å². The first-order chi connectivity index (χ1) is 13.6. The molecule has 0 bridgehead atoms. The van der Waals surface area contributed by atoms with Crippen molar-refractivity contribution in [3.05, 3.63) is 60.2 Å². The van der Waals surface area contributed by atoms with Gasteiger partial charge in [-0.1, -0.05) is 0 Å². The minimum Gasteiger partial charge on any atom is -0.489 e. The van der Waals surface area contributed by atoms with Crippen molar-refractivity contribution in [3.8, 4) is 5.75 Å². The van der Waals surface area contributed by atoms with Gasteiger partial charge in [0.15, 0.2) is 5.96 Å². The van der Waals surface area contributed by atoms with Crippen LogP contribution in [-0.2, 0) is 0 Å². The molecule has 150 valence electrons. The summed E-state index contributed by atoms with van der Waals surface area (Å²) in [4.78, 5) is 20.4. The van der Waals surface area contributed by atoms with Crippen LogP contribution in [0.15, 0.2) is 53.8 Å². The number of pyridine rings is 1. The van der Waals surface area contributed by atoms with Crippen molar-refractivity contribution in [1.29, 1.82) is 0 Å². The van der Waals surface area contributed by atoms with Crippen LogP contribution in [0.5, 0.6) is 5.75 Å². The average Bonchev–Trinajstić information content (AvgIpc) is 2.71. The molecule has 2 aromatic rings. The number of carbonyl (C=O) groups excluding carboxylic acids is 1. The first-order valence-electron chi connectivity index (χ1n) is 9.21. The van der Waals surface area contributed by atoms with Crippen molar-refractivity contribution < 1.29 is 13.9 Å². The maximum atomic E-state index is 12.9. The molecule has 1 unspecified atom stereocenters. The normalized spacial score (nSPS) is 12.2. The Labute approximate surface area is 164 Å². The Morgan fingerprint density at radius 2 is 1.93 bits per heavy atom. The monoisotopic (exact) mass is 387 g/mol. The minimum atomic E-state index is -0.299. The Morgan fingerprint density at radius 1 is 1.18 bits per heavy atom. The SMILES string of the molecule is CCNC(=NCC(C)Oc1ccc(F)cc1)NCCNC(=O)c1cccnc1. The van der Waals surface area contributed by atoms with Crippen LogP contribution in [0.2, 0.25) is 0 Å². The van der Waals surface area contributed by atoms with Crippen LogP contribution in [0.1, 0.15) is 24.2 Å². The van der Waals surface area contributed by atoms with Crippen LogP contribution in [-0.4, -0.2) is 49.1 Å². The summed E-state index contributed by atoms with van der Waals surface area (Å²) in [5, 5.41) is 9.12. The number of nitrogens with one attached hydrogen (secondary N) is 3. The van der Waals surface area contributed by atoms with E-state index in [4.69, 9.17) is 4.74 Å². The van der Waals surface area contributed by atoms with E-state index in [0.717, 1.165) is 0 Å². The lowest BCUT2D eigenvalue weighted by Crippen LogP contribution is -2.42. The number of hydrogen-bond donors (Lipinski definition) is 3. The fourth-order valence-electron chi connectivity index (χ4n) is 2.30. The van der Waals surface area contributed by atoms with E-state index in [0.29, 0.717) is 43.5 Å². The zero-order valence-electron chi connectivity index (χ0n) is 16.1. The van der Waals surface area contributed by atoms with Gasteiger partial charge >= 0.3 is 0 Å². The second-order valence-corrected chi connectivity index (χ2v) is 6.03. The Morgan fingerprint density at radius 3 is 2.61 bits per heavy atom. The van der Waals surface area contributed by atoms with E-state index in [-0.39, 0.29) is 17.8 Å². The quantitative estimate of drug-likeness (QED) is 0.348. The first-order valence-corrected chi connectivity index (χ1v) is 9.21. The predicted octanol–water partition coefficient (Wildman–Crippen LogP) is 1.97. The molecular formula is C20H26FN5O2. The molecule has 1 amide bonds. The number of hydrogen-bond acceptors (Lipinski definition) is 4. The van der Waals surface area contributed by atoms with Gasteiger partial charge in [0.05, 0.1) is 12.1 Å². The zero-order chi connectivity index (χ0) is 20.2. The molecule has 0 aliphatic carbocycles. The summed E-state index contributed by atoms with van der Waals surface area (Å²) in [5.41, 5.74) is 0.523. The van der Waals surface area contributed by atoms with E-state index < -0.39 is 0 Å². The lowest BCUT2D eigenvalue weighted by atomic mass is 10.3. The Hall–Kier alpha value is -3.16. The van der Waals surface area contributed by atoms with Crippen LogP contribution in [0.3, 0.4) is 0 Å². The summed E-state index contributed by atoms with van der Waals surface area (Å²) in [6.07, 6.45) is 2.97. The molecule has 2 rings (SSSR count). The molecule has 0 spiro atoms. The van der Waals surface area contributed by atoms with Gasteiger partial charge in [-0.05, 0) is 50.2 Å². The Bertz CT molecular complexity index is 753. The van der Waals surface area contributed by atoms with Crippen LogP contribution < -0.4 is 20.7 Å². The lowest BCUT2D eigenvalue weighted by molar-refractivity contribution is 0.0954. The second kappa shape index (κ2) is 11.5. The zero-order valence-corrected chi connectivity index (χ0v) is 16.1. The second-order valence-electron chi connectivity index (χ2n) is 6.03. The Balaban J connectivity index is 1.74. The van der Waals surface area contributed by atoms with Gasteiger partial charge in [0, 0.05) is 32.0 Å². The molecule has 0 aliphatic rings. The van der Waals surface area contributed by atoms with Crippen LogP contribution >= 0.6 is 0 Å². The molecule has 1 aromatic heterocycles. The smallest absolute Gasteiger partial charge is 0.252 e. The third-order valence-corrected chi connectivity index (χ3v) is 3.63. The van der Waals surface area contributed by atoms with Gasteiger partial charge in [-0.3, -0.25) is 9.78 Å². The number of ether oxygens (including phenoxy) is 1. The molecule has 28 heavy (non-hydrogen) atoms. The number of guanidine groups is 1. The largest absolute Gasteiger partial charge is 0.489 e. The fourth-order valence-corrected chi connectivity index (χ4v) is 2.30. The minimum absolute atomic E-state index is 0.168. The highest BCUT2D eigenvalue weighted by molar-refractivity contribution is 5.93. The van der Waals surface area contributed by atoms with Gasteiger partial charge in [0.2, 0.25) is 0 Å². The van der Waals surface area contributed by atoms with E-state index in [1.165, 1.54) is 18.3 Å². The average molecular weight is 387 g/mol. The summed E-state index contributed by atoms with van der Waals surface area (Å²) in [7, 11) is 0. The highest BCUT2D eigenvalue weighted by Gasteiger charge is 2.06. The number of nitrogens with zero attached hydrogens (tertiary/aromatic N) is 2. The van der Waals surface area contributed by atoms with Crippen molar-refractivity contribution in [3.63, 3.8) is 0 Å². The van der Waals surface area contributed by atoms with Gasteiger partial charge in [0.25, 0.3) is 5.91 Å². The van der Waals surface area contributed by atoms with Crippen molar-refractivity contribution in [2.75, 3.05) is 26.2 Å². The molecule has 1 heterocycles. The maximum Gasteiger partial charge on any atom is 0.252 e. The predicted molar refractivity (Wildman–Crippen MR) is 107 cm³/mol. The lowest BCUT2D eigenvalue weighted by Gasteiger charge is -2.15. The summed E-state index contributed by atoms with van der Waals surface area (Å²) in [6.45, 7) is 5.96. The third-order valence-electron chi connectivity index (χ3n) is 3.63.